The van der Waals surface area contributed by atoms with E-state index in [0.717, 1.165) is 19.3 Å². The van der Waals surface area contributed by atoms with E-state index in [2.05, 4.69) is 5.32 Å². The maximum atomic E-state index is 13.3. The van der Waals surface area contributed by atoms with E-state index in [9.17, 15) is 9.18 Å². The van der Waals surface area contributed by atoms with E-state index >= 15 is 0 Å². The third kappa shape index (κ3) is 4.48. The van der Waals surface area contributed by atoms with Gasteiger partial charge in [0.25, 0.3) is 0 Å². The van der Waals surface area contributed by atoms with Crippen LogP contribution in [0.25, 0.3) is 0 Å². The number of amides is 1. The molecule has 1 aliphatic carbocycles. The number of nitrogens with one attached hydrogen (secondary N) is 1. The van der Waals surface area contributed by atoms with Crippen molar-refractivity contribution in [2.45, 2.75) is 38.3 Å². The van der Waals surface area contributed by atoms with Crippen LogP contribution < -0.4 is 11.1 Å². The van der Waals surface area contributed by atoms with Gasteiger partial charge in [0.15, 0.2) is 0 Å². The maximum absolute atomic E-state index is 13.3. The normalized spacial score (nSPS) is 21.8. The third-order valence-corrected chi connectivity index (χ3v) is 3.60. The molecule has 0 saturated heterocycles. The number of carbonyl (C=O) groups excluding carboxylic acids is 1. The fraction of sp³-hybridized carbons (Fsp3) is 0.500. The summed E-state index contributed by atoms with van der Waals surface area (Å²) in [5.74, 6) is -0.0402. The van der Waals surface area contributed by atoms with Crippen molar-refractivity contribution in [3.63, 3.8) is 0 Å². The topological polar surface area (TPSA) is 55.1 Å². The van der Waals surface area contributed by atoms with Gasteiger partial charge in [-0.1, -0.05) is 24.6 Å². The summed E-state index contributed by atoms with van der Waals surface area (Å²) >= 11 is 0. The minimum absolute atomic E-state index is 0. The fourth-order valence-corrected chi connectivity index (χ4v) is 2.46. The molecule has 2 atom stereocenters. The smallest absolute Gasteiger partial charge is 0.220 e. The second-order valence-electron chi connectivity index (χ2n) is 4.93. The number of benzene rings is 1. The van der Waals surface area contributed by atoms with Gasteiger partial charge in [-0.05, 0) is 24.8 Å². The Kier molecular flexibility index (Phi) is 6.25. The number of hydrogen-bond donors (Lipinski definition) is 2. The predicted molar refractivity (Wildman–Crippen MR) is 75.4 cm³/mol. The Bertz CT molecular complexity index is 428. The number of carbonyl (C=O) groups is 1. The van der Waals surface area contributed by atoms with Crippen LogP contribution in [0.2, 0.25) is 0 Å². The van der Waals surface area contributed by atoms with Gasteiger partial charge in [0, 0.05) is 24.6 Å². The zero-order valence-electron chi connectivity index (χ0n) is 10.8. The highest BCUT2D eigenvalue weighted by atomic mass is 35.5. The summed E-state index contributed by atoms with van der Waals surface area (Å²) in [6.07, 6.45) is 3.58. The van der Waals surface area contributed by atoms with E-state index in [1.54, 1.807) is 18.2 Å². The first kappa shape index (κ1) is 15.9. The fourth-order valence-electron chi connectivity index (χ4n) is 2.46. The Balaban J connectivity index is 0.00000180. The van der Waals surface area contributed by atoms with E-state index in [0.29, 0.717) is 12.0 Å². The van der Waals surface area contributed by atoms with E-state index in [4.69, 9.17) is 5.73 Å². The largest absolute Gasteiger partial charge is 0.352 e. The van der Waals surface area contributed by atoms with Crippen molar-refractivity contribution in [3.8, 4) is 0 Å². The summed E-state index contributed by atoms with van der Waals surface area (Å²) in [4.78, 5) is 11.7. The second kappa shape index (κ2) is 7.46. The van der Waals surface area contributed by atoms with Crippen LogP contribution in [-0.4, -0.2) is 11.9 Å². The molecular weight excluding hydrogens is 267 g/mol. The maximum Gasteiger partial charge on any atom is 0.220 e. The van der Waals surface area contributed by atoms with Gasteiger partial charge in [0.2, 0.25) is 5.91 Å². The van der Waals surface area contributed by atoms with E-state index in [1.807, 2.05) is 0 Å². The van der Waals surface area contributed by atoms with Crippen molar-refractivity contribution < 1.29 is 9.18 Å². The van der Waals surface area contributed by atoms with Crippen LogP contribution in [0, 0.1) is 11.7 Å². The van der Waals surface area contributed by atoms with Crippen LogP contribution in [-0.2, 0) is 11.3 Å². The van der Waals surface area contributed by atoms with Crippen molar-refractivity contribution in [3.05, 3.63) is 35.6 Å². The van der Waals surface area contributed by atoms with Gasteiger partial charge in [0.05, 0.1) is 0 Å². The lowest BCUT2D eigenvalue weighted by Crippen LogP contribution is -2.31. The SMILES string of the molecule is Cl.N[C@@H]1CCC[C@H]1CC(=O)NCc1ccccc1F. The molecule has 0 spiro atoms. The summed E-state index contributed by atoms with van der Waals surface area (Å²) in [5.41, 5.74) is 6.43. The highest BCUT2D eigenvalue weighted by molar-refractivity contribution is 5.85. The highest BCUT2D eigenvalue weighted by Gasteiger charge is 2.25. The highest BCUT2D eigenvalue weighted by Crippen LogP contribution is 2.26. The number of nitrogens with two attached hydrogens (primary N) is 1. The molecule has 1 aromatic carbocycles. The molecule has 19 heavy (non-hydrogen) atoms. The molecule has 0 heterocycles. The van der Waals surface area contributed by atoms with Crippen LogP contribution in [0.3, 0.4) is 0 Å². The van der Waals surface area contributed by atoms with Crippen LogP contribution in [0.15, 0.2) is 24.3 Å². The van der Waals surface area contributed by atoms with Crippen molar-refractivity contribution in [1.29, 1.82) is 0 Å². The molecule has 5 heteroatoms. The summed E-state index contributed by atoms with van der Waals surface area (Å²) < 4.78 is 13.3. The number of hydrogen-bond acceptors (Lipinski definition) is 2. The molecule has 2 rings (SSSR count). The molecule has 0 aromatic heterocycles. The lowest BCUT2D eigenvalue weighted by atomic mass is 10.00. The standard InChI is InChI=1S/C14H19FN2O.ClH/c15-12-6-2-1-4-11(12)9-17-14(18)8-10-5-3-7-13(10)16;/h1-2,4,6,10,13H,3,5,7-9,16H2,(H,17,18);1H/t10-,13+;/m0./s1. The average Bonchev–Trinajstić information content (AvgIpc) is 2.74. The molecule has 1 fully saturated rings. The van der Waals surface area contributed by atoms with Gasteiger partial charge in [-0.25, -0.2) is 4.39 Å². The predicted octanol–water partition coefficient (Wildman–Crippen LogP) is 2.38. The zero-order chi connectivity index (χ0) is 13.0. The molecule has 0 aliphatic heterocycles. The summed E-state index contributed by atoms with van der Waals surface area (Å²) in [7, 11) is 0. The first-order valence-corrected chi connectivity index (χ1v) is 6.42. The molecule has 1 aromatic rings. The monoisotopic (exact) mass is 286 g/mol. The van der Waals surface area contributed by atoms with Crippen molar-refractivity contribution in [2.24, 2.45) is 11.7 Å². The third-order valence-electron chi connectivity index (χ3n) is 3.60. The molecule has 0 unspecified atom stereocenters. The van der Waals surface area contributed by atoms with Gasteiger partial charge in [0.1, 0.15) is 5.82 Å². The molecule has 106 valence electrons. The Labute approximate surface area is 119 Å². The second-order valence-corrected chi connectivity index (χ2v) is 4.93. The Morgan fingerprint density at radius 3 is 2.74 bits per heavy atom. The van der Waals surface area contributed by atoms with Gasteiger partial charge < -0.3 is 11.1 Å². The molecule has 1 aliphatic rings. The van der Waals surface area contributed by atoms with Crippen LogP contribution >= 0.6 is 12.4 Å². The Morgan fingerprint density at radius 2 is 2.11 bits per heavy atom. The van der Waals surface area contributed by atoms with Gasteiger partial charge in [-0.2, -0.15) is 0 Å². The van der Waals surface area contributed by atoms with Gasteiger partial charge >= 0.3 is 0 Å². The zero-order valence-corrected chi connectivity index (χ0v) is 11.6. The summed E-state index contributed by atoms with van der Waals surface area (Å²) in [6, 6.07) is 6.62. The Hall–Kier alpha value is -1.13. The minimum atomic E-state index is -0.282. The number of rotatable bonds is 4. The van der Waals surface area contributed by atoms with Crippen LogP contribution in [0.5, 0.6) is 0 Å². The van der Waals surface area contributed by atoms with E-state index in [-0.39, 0.29) is 42.6 Å². The molecule has 0 bridgehead atoms. The van der Waals surface area contributed by atoms with Gasteiger partial charge in [-0.15, -0.1) is 12.4 Å². The first-order chi connectivity index (χ1) is 8.66. The van der Waals surface area contributed by atoms with E-state index < -0.39 is 0 Å². The lowest BCUT2D eigenvalue weighted by molar-refractivity contribution is -0.122. The minimum Gasteiger partial charge on any atom is -0.352 e. The molecule has 0 radical (unpaired) electrons. The van der Waals surface area contributed by atoms with Crippen LogP contribution in [0.1, 0.15) is 31.2 Å². The molecule has 3 N–H and O–H groups in total. The summed E-state index contributed by atoms with van der Waals surface area (Å²) in [5, 5.41) is 2.75. The quantitative estimate of drug-likeness (QED) is 0.893. The first-order valence-electron chi connectivity index (χ1n) is 6.42. The Morgan fingerprint density at radius 1 is 1.37 bits per heavy atom. The van der Waals surface area contributed by atoms with Gasteiger partial charge in [-0.3, -0.25) is 4.79 Å². The van der Waals surface area contributed by atoms with Crippen molar-refractivity contribution in [2.75, 3.05) is 0 Å². The molecule has 3 nitrogen and oxygen atoms in total. The lowest BCUT2D eigenvalue weighted by Gasteiger charge is -2.14. The van der Waals surface area contributed by atoms with E-state index in [1.165, 1.54) is 6.07 Å². The molecular formula is C14H20ClFN2O. The summed E-state index contributed by atoms with van der Waals surface area (Å²) in [6.45, 7) is 0.244. The van der Waals surface area contributed by atoms with Crippen LogP contribution in [0.4, 0.5) is 4.39 Å². The molecule has 1 saturated carbocycles. The number of halogens is 2. The average molecular weight is 287 g/mol. The van der Waals surface area contributed by atoms with Crippen molar-refractivity contribution >= 4 is 18.3 Å². The van der Waals surface area contributed by atoms with Crippen molar-refractivity contribution in [1.82, 2.24) is 5.32 Å². The molecule has 1 amide bonds.